The normalized spacial score (nSPS) is 11.3. The molecular formula is C26H51O2. The lowest BCUT2D eigenvalue weighted by molar-refractivity contribution is -0.150. The zero-order valence-electron chi connectivity index (χ0n) is 19.5. The minimum absolute atomic E-state index is 0.0409. The number of hydrogen-bond acceptors (Lipinski definition) is 2. The van der Waals surface area contributed by atoms with Crippen LogP contribution in [0.25, 0.3) is 0 Å². The molecule has 2 nitrogen and oxygen atoms in total. The van der Waals surface area contributed by atoms with Crippen molar-refractivity contribution in [2.24, 2.45) is 0 Å². The summed E-state index contributed by atoms with van der Waals surface area (Å²) < 4.78 is 5.88. The number of hydrogen-bond donors (Lipinski definition) is 0. The van der Waals surface area contributed by atoms with Gasteiger partial charge in [0.05, 0.1) is 0 Å². The Hall–Kier alpha value is -0.530. The summed E-state index contributed by atoms with van der Waals surface area (Å²) in [7, 11) is 0. The van der Waals surface area contributed by atoms with E-state index in [9.17, 15) is 4.79 Å². The zero-order valence-corrected chi connectivity index (χ0v) is 19.5. The van der Waals surface area contributed by atoms with Gasteiger partial charge in [-0.25, -0.2) is 0 Å². The van der Waals surface area contributed by atoms with E-state index in [1.165, 1.54) is 96.3 Å². The Morgan fingerprint density at radius 3 is 1.57 bits per heavy atom. The van der Waals surface area contributed by atoms with Crippen molar-refractivity contribution in [3.05, 3.63) is 6.92 Å². The number of carbonyl (C=O) groups excluding carboxylic acids is 1. The van der Waals surface area contributed by atoms with Crippen LogP contribution in [0.15, 0.2) is 0 Å². The molecule has 0 aromatic rings. The highest BCUT2D eigenvalue weighted by Crippen LogP contribution is 2.18. The molecule has 0 rings (SSSR count). The summed E-state index contributed by atoms with van der Waals surface area (Å²) in [5.41, 5.74) is 0. The van der Waals surface area contributed by atoms with Gasteiger partial charge in [-0.2, -0.15) is 0 Å². The van der Waals surface area contributed by atoms with E-state index < -0.39 is 0 Å². The molecule has 0 aromatic carbocycles. The molecule has 0 N–H and O–H groups in total. The first-order chi connectivity index (χ1) is 13.7. The zero-order chi connectivity index (χ0) is 20.7. The van der Waals surface area contributed by atoms with Crippen LogP contribution in [0.1, 0.15) is 149 Å². The molecule has 0 amide bonds. The molecule has 0 aromatic heterocycles. The van der Waals surface area contributed by atoms with Crippen molar-refractivity contribution >= 4 is 5.97 Å². The van der Waals surface area contributed by atoms with Gasteiger partial charge in [-0.3, -0.25) is 4.79 Å². The maximum Gasteiger partial charge on any atom is 0.306 e. The molecule has 28 heavy (non-hydrogen) atoms. The van der Waals surface area contributed by atoms with Gasteiger partial charge in [0.25, 0.3) is 0 Å². The third-order valence-corrected chi connectivity index (χ3v) is 5.69. The predicted octanol–water partition coefficient (Wildman–Crippen LogP) is 8.96. The number of esters is 1. The van der Waals surface area contributed by atoms with Crippen LogP contribution in [-0.2, 0) is 9.53 Å². The molecule has 0 fully saturated rings. The van der Waals surface area contributed by atoms with Crippen molar-refractivity contribution in [1.82, 2.24) is 0 Å². The average molecular weight is 396 g/mol. The van der Waals surface area contributed by atoms with Crippen LogP contribution in [0.3, 0.4) is 0 Å². The second kappa shape index (κ2) is 22.8. The van der Waals surface area contributed by atoms with Crippen molar-refractivity contribution in [3.8, 4) is 0 Å². The fraction of sp³-hybridized carbons (Fsp3) is 0.923. The fourth-order valence-corrected chi connectivity index (χ4v) is 3.79. The molecule has 167 valence electrons. The maximum atomic E-state index is 12.3. The molecule has 0 heterocycles. The molecule has 2 heteroatoms. The van der Waals surface area contributed by atoms with Crippen molar-refractivity contribution in [3.63, 3.8) is 0 Å². The Labute approximate surface area is 177 Å². The summed E-state index contributed by atoms with van der Waals surface area (Å²) in [6, 6.07) is 0. The van der Waals surface area contributed by atoms with E-state index in [2.05, 4.69) is 20.8 Å². The van der Waals surface area contributed by atoms with Gasteiger partial charge in [0.1, 0.15) is 6.10 Å². The van der Waals surface area contributed by atoms with E-state index in [1.54, 1.807) is 0 Å². The van der Waals surface area contributed by atoms with E-state index in [1.807, 2.05) is 0 Å². The minimum Gasteiger partial charge on any atom is -0.462 e. The first-order valence-corrected chi connectivity index (χ1v) is 12.7. The fourth-order valence-electron chi connectivity index (χ4n) is 3.79. The SMILES string of the molecule is [CH2]CCCCCCCC(=O)OC(CCCCCCCC)CCCCCCCC. The highest BCUT2D eigenvalue weighted by atomic mass is 16.5. The van der Waals surface area contributed by atoms with E-state index in [0.29, 0.717) is 6.42 Å². The van der Waals surface area contributed by atoms with Crippen molar-refractivity contribution in [1.29, 1.82) is 0 Å². The monoisotopic (exact) mass is 395 g/mol. The molecule has 1 radical (unpaired) electrons. The third-order valence-electron chi connectivity index (χ3n) is 5.69. The Morgan fingerprint density at radius 2 is 1.07 bits per heavy atom. The van der Waals surface area contributed by atoms with Gasteiger partial charge in [-0.15, -0.1) is 0 Å². The molecule has 0 saturated heterocycles. The largest absolute Gasteiger partial charge is 0.462 e. The van der Waals surface area contributed by atoms with Gasteiger partial charge in [-0.05, 0) is 32.1 Å². The van der Waals surface area contributed by atoms with Gasteiger partial charge in [0, 0.05) is 6.42 Å². The van der Waals surface area contributed by atoms with Gasteiger partial charge < -0.3 is 4.74 Å². The second-order valence-electron chi connectivity index (χ2n) is 8.60. The average Bonchev–Trinajstić information content (AvgIpc) is 2.69. The number of ether oxygens (including phenoxy) is 1. The Kier molecular flexibility index (Phi) is 22.3. The van der Waals surface area contributed by atoms with E-state index in [-0.39, 0.29) is 12.1 Å². The van der Waals surface area contributed by atoms with Crippen LogP contribution < -0.4 is 0 Å². The Balaban J connectivity index is 3.99. The molecule has 0 atom stereocenters. The number of carbonyl (C=O) groups is 1. The van der Waals surface area contributed by atoms with Crippen LogP contribution in [0.4, 0.5) is 0 Å². The summed E-state index contributed by atoms with van der Waals surface area (Å²) >= 11 is 0. The van der Waals surface area contributed by atoms with Crippen molar-refractivity contribution in [2.75, 3.05) is 0 Å². The highest BCUT2D eigenvalue weighted by molar-refractivity contribution is 5.69. The maximum absolute atomic E-state index is 12.3. The molecule has 0 bridgehead atoms. The smallest absolute Gasteiger partial charge is 0.306 e. The van der Waals surface area contributed by atoms with E-state index >= 15 is 0 Å². The molecule has 0 spiro atoms. The Bertz CT molecular complexity index is 298. The van der Waals surface area contributed by atoms with Gasteiger partial charge in [-0.1, -0.05) is 117 Å². The first kappa shape index (κ1) is 27.5. The summed E-state index contributed by atoms with van der Waals surface area (Å²) in [5.74, 6) is 0.0409. The van der Waals surface area contributed by atoms with Crippen molar-refractivity contribution < 1.29 is 9.53 Å². The molecule has 0 unspecified atom stereocenters. The summed E-state index contributed by atoms with van der Waals surface area (Å²) in [6.07, 6.45) is 25.4. The third kappa shape index (κ3) is 20.2. The van der Waals surface area contributed by atoms with E-state index in [4.69, 9.17) is 4.74 Å². The molecule has 0 aliphatic rings. The molecular weight excluding hydrogens is 344 g/mol. The lowest BCUT2D eigenvalue weighted by atomic mass is 10.0. The standard InChI is InChI=1S/C26H51O2/c1-4-7-10-13-16-19-22-25(23-20-17-14-11-8-5-2)28-26(27)24-21-18-15-12-9-6-3/h25H,3-24H2,1-2H3. The number of rotatable bonds is 22. The van der Waals surface area contributed by atoms with Gasteiger partial charge >= 0.3 is 5.97 Å². The summed E-state index contributed by atoms with van der Waals surface area (Å²) in [6.45, 7) is 8.40. The summed E-state index contributed by atoms with van der Waals surface area (Å²) in [5, 5.41) is 0. The summed E-state index contributed by atoms with van der Waals surface area (Å²) in [4.78, 5) is 12.3. The lowest BCUT2D eigenvalue weighted by Gasteiger charge is -2.18. The highest BCUT2D eigenvalue weighted by Gasteiger charge is 2.14. The minimum atomic E-state index is 0.0409. The van der Waals surface area contributed by atoms with E-state index in [0.717, 1.165) is 32.1 Å². The van der Waals surface area contributed by atoms with Gasteiger partial charge in [0.2, 0.25) is 0 Å². The molecule has 0 saturated carbocycles. The van der Waals surface area contributed by atoms with Crippen molar-refractivity contribution in [2.45, 2.75) is 155 Å². The quantitative estimate of drug-likeness (QED) is 0.135. The topological polar surface area (TPSA) is 26.3 Å². The van der Waals surface area contributed by atoms with Crippen LogP contribution in [0, 0.1) is 6.92 Å². The predicted molar refractivity (Wildman–Crippen MR) is 124 cm³/mol. The first-order valence-electron chi connectivity index (χ1n) is 12.7. The lowest BCUT2D eigenvalue weighted by Crippen LogP contribution is -2.18. The molecule has 0 aliphatic heterocycles. The van der Waals surface area contributed by atoms with Crippen LogP contribution in [0.5, 0.6) is 0 Å². The second-order valence-corrected chi connectivity index (χ2v) is 8.60. The van der Waals surface area contributed by atoms with Crippen LogP contribution in [0.2, 0.25) is 0 Å². The number of unbranched alkanes of at least 4 members (excludes halogenated alkanes) is 15. The van der Waals surface area contributed by atoms with Crippen LogP contribution >= 0.6 is 0 Å². The van der Waals surface area contributed by atoms with Gasteiger partial charge in [0.15, 0.2) is 0 Å². The Morgan fingerprint density at radius 1 is 0.643 bits per heavy atom. The molecule has 0 aliphatic carbocycles. The van der Waals surface area contributed by atoms with Crippen LogP contribution in [-0.4, -0.2) is 12.1 Å².